The van der Waals surface area contributed by atoms with E-state index in [1.165, 1.54) is 11.8 Å². The van der Waals surface area contributed by atoms with Gasteiger partial charge in [-0.05, 0) is 37.5 Å². The molecule has 23 heavy (non-hydrogen) atoms. The number of aryl methyl sites for hydroxylation is 1. The molecule has 2 amide bonds. The number of pyridine rings is 1. The van der Waals surface area contributed by atoms with Gasteiger partial charge >= 0.3 is 11.8 Å². The van der Waals surface area contributed by atoms with Crippen LogP contribution in [-0.2, 0) is 16.0 Å². The lowest BCUT2D eigenvalue weighted by Gasteiger charge is -2.04. The molecular formula is C17H18N4O2. The highest BCUT2D eigenvalue weighted by molar-refractivity contribution is 6.39. The molecule has 1 aromatic carbocycles. The van der Waals surface area contributed by atoms with Crippen LogP contribution in [0, 0.1) is 0 Å². The number of hydrogen-bond acceptors (Lipinski definition) is 4. The number of carbonyl (C=O) groups is 2. The zero-order valence-corrected chi connectivity index (χ0v) is 12.8. The summed E-state index contributed by atoms with van der Waals surface area (Å²) in [6.45, 7) is 1.81. The lowest BCUT2D eigenvalue weighted by atomic mass is 10.1. The van der Waals surface area contributed by atoms with Crippen LogP contribution in [-0.4, -0.2) is 22.5 Å². The molecule has 0 spiro atoms. The molecule has 0 saturated carbocycles. The second kappa shape index (κ2) is 8.43. The minimum atomic E-state index is -0.824. The molecule has 6 nitrogen and oxygen atoms in total. The van der Waals surface area contributed by atoms with Crippen LogP contribution in [0.5, 0.6) is 0 Å². The maximum atomic E-state index is 11.7. The van der Waals surface area contributed by atoms with E-state index in [0.717, 1.165) is 12.1 Å². The standard InChI is InChI=1S/C17H18N4O2/c1-13(10-11-14-7-3-2-4-8-14)20-21-17(23)16(22)19-15-9-5-6-12-18-15/h2-9,12H,10-11H2,1H3,(H,21,23)(H,18,19,22)/b20-13+. The van der Waals surface area contributed by atoms with E-state index in [0.29, 0.717) is 12.2 Å². The fourth-order valence-electron chi connectivity index (χ4n) is 1.83. The van der Waals surface area contributed by atoms with E-state index in [2.05, 4.69) is 20.8 Å². The van der Waals surface area contributed by atoms with Crippen molar-refractivity contribution in [1.82, 2.24) is 10.4 Å². The van der Waals surface area contributed by atoms with Gasteiger partial charge in [-0.2, -0.15) is 5.10 Å². The van der Waals surface area contributed by atoms with Crippen LogP contribution in [0.25, 0.3) is 0 Å². The van der Waals surface area contributed by atoms with E-state index in [1.807, 2.05) is 30.3 Å². The molecule has 2 rings (SSSR count). The molecule has 0 unspecified atom stereocenters. The minimum absolute atomic E-state index is 0.317. The van der Waals surface area contributed by atoms with Crippen molar-refractivity contribution in [2.75, 3.05) is 5.32 Å². The van der Waals surface area contributed by atoms with Gasteiger partial charge in [-0.1, -0.05) is 36.4 Å². The summed E-state index contributed by atoms with van der Waals surface area (Å²) in [6.07, 6.45) is 3.05. The summed E-state index contributed by atoms with van der Waals surface area (Å²) in [6, 6.07) is 15.0. The average Bonchev–Trinajstić information content (AvgIpc) is 2.59. The van der Waals surface area contributed by atoms with Gasteiger partial charge in [0.05, 0.1) is 0 Å². The molecule has 118 valence electrons. The van der Waals surface area contributed by atoms with Crippen LogP contribution < -0.4 is 10.7 Å². The number of nitrogens with one attached hydrogen (secondary N) is 2. The van der Waals surface area contributed by atoms with Gasteiger partial charge < -0.3 is 5.32 Å². The van der Waals surface area contributed by atoms with Gasteiger partial charge in [0.2, 0.25) is 0 Å². The van der Waals surface area contributed by atoms with Crippen molar-refractivity contribution in [2.45, 2.75) is 19.8 Å². The van der Waals surface area contributed by atoms with Crippen molar-refractivity contribution in [1.29, 1.82) is 0 Å². The Bertz CT molecular complexity index is 684. The normalized spacial score (nSPS) is 10.9. The van der Waals surface area contributed by atoms with Crippen molar-refractivity contribution in [2.24, 2.45) is 5.10 Å². The topological polar surface area (TPSA) is 83.5 Å². The van der Waals surface area contributed by atoms with Crippen LogP contribution in [0.15, 0.2) is 59.8 Å². The van der Waals surface area contributed by atoms with E-state index in [1.54, 1.807) is 25.1 Å². The fraction of sp³-hybridized carbons (Fsp3) is 0.176. The highest BCUT2D eigenvalue weighted by atomic mass is 16.2. The molecule has 0 atom stereocenters. The lowest BCUT2D eigenvalue weighted by molar-refractivity contribution is -0.136. The summed E-state index contributed by atoms with van der Waals surface area (Å²) in [7, 11) is 0. The molecule has 0 saturated heterocycles. The highest BCUT2D eigenvalue weighted by Crippen LogP contribution is 2.03. The van der Waals surface area contributed by atoms with E-state index < -0.39 is 11.8 Å². The first-order chi connectivity index (χ1) is 11.1. The fourth-order valence-corrected chi connectivity index (χ4v) is 1.83. The largest absolute Gasteiger partial charge is 0.329 e. The molecule has 2 aromatic rings. The van der Waals surface area contributed by atoms with Crippen molar-refractivity contribution in [3.05, 3.63) is 60.3 Å². The first-order valence-electron chi connectivity index (χ1n) is 7.24. The first kappa shape index (κ1) is 16.4. The SMILES string of the molecule is C/C(CCc1ccccc1)=N\NC(=O)C(=O)Nc1ccccn1. The van der Waals surface area contributed by atoms with E-state index in [-0.39, 0.29) is 0 Å². The second-order valence-corrected chi connectivity index (χ2v) is 4.94. The summed E-state index contributed by atoms with van der Waals surface area (Å²) in [5.41, 5.74) is 4.19. The number of anilines is 1. The van der Waals surface area contributed by atoms with Gasteiger partial charge in [-0.15, -0.1) is 0 Å². The van der Waals surface area contributed by atoms with Crippen LogP contribution in [0.1, 0.15) is 18.9 Å². The third-order valence-electron chi connectivity index (χ3n) is 3.08. The second-order valence-electron chi connectivity index (χ2n) is 4.94. The zero-order valence-electron chi connectivity index (χ0n) is 12.8. The van der Waals surface area contributed by atoms with Gasteiger partial charge in [0.15, 0.2) is 0 Å². The predicted molar refractivity (Wildman–Crippen MR) is 88.9 cm³/mol. The number of hydrogen-bond donors (Lipinski definition) is 2. The summed E-state index contributed by atoms with van der Waals surface area (Å²) in [5.74, 6) is -1.31. The Balaban J connectivity index is 1.79. The molecule has 2 N–H and O–H groups in total. The van der Waals surface area contributed by atoms with Gasteiger partial charge in [-0.3, -0.25) is 9.59 Å². The third-order valence-corrected chi connectivity index (χ3v) is 3.08. The number of rotatable bonds is 5. The number of carbonyl (C=O) groups excluding carboxylic acids is 2. The summed E-state index contributed by atoms with van der Waals surface area (Å²) >= 11 is 0. The Hall–Kier alpha value is -3.02. The Morgan fingerprint density at radius 2 is 1.78 bits per heavy atom. The van der Waals surface area contributed by atoms with Gasteiger partial charge in [0.1, 0.15) is 5.82 Å². The maximum Gasteiger partial charge on any atom is 0.329 e. The smallest absolute Gasteiger partial charge is 0.302 e. The van der Waals surface area contributed by atoms with Crippen molar-refractivity contribution < 1.29 is 9.59 Å². The van der Waals surface area contributed by atoms with Crippen LogP contribution in [0.3, 0.4) is 0 Å². The first-order valence-corrected chi connectivity index (χ1v) is 7.24. The van der Waals surface area contributed by atoms with Crippen molar-refractivity contribution in [3.8, 4) is 0 Å². The van der Waals surface area contributed by atoms with Gasteiger partial charge in [-0.25, -0.2) is 10.4 Å². The van der Waals surface area contributed by atoms with Gasteiger partial charge in [0, 0.05) is 11.9 Å². The molecule has 0 aliphatic carbocycles. The molecular weight excluding hydrogens is 292 g/mol. The molecule has 0 radical (unpaired) electrons. The summed E-state index contributed by atoms with van der Waals surface area (Å²) < 4.78 is 0. The Kier molecular flexibility index (Phi) is 5.99. The van der Waals surface area contributed by atoms with Crippen LogP contribution in [0.2, 0.25) is 0 Å². The quantitative estimate of drug-likeness (QED) is 0.504. The molecule has 0 fully saturated rings. The maximum absolute atomic E-state index is 11.7. The molecule has 1 aromatic heterocycles. The lowest BCUT2D eigenvalue weighted by Crippen LogP contribution is -2.33. The van der Waals surface area contributed by atoms with Gasteiger partial charge in [0.25, 0.3) is 0 Å². The number of hydrazone groups is 1. The third kappa shape index (κ3) is 5.70. The molecule has 6 heteroatoms. The Morgan fingerprint density at radius 3 is 2.48 bits per heavy atom. The number of aromatic nitrogens is 1. The average molecular weight is 310 g/mol. The van der Waals surface area contributed by atoms with E-state index in [4.69, 9.17) is 0 Å². The molecule has 1 heterocycles. The Labute approximate surface area is 134 Å². The number of benzene rings is 1. The van der Waals surface area contributed by atoms with Crippen LogP contribution >= 0.6 is 0 Å². The highest BCUT2D eigenvalue weighted by Gasteiger charge is 2.13. The number of amides is 2. The molecule has 0 aliphatic heterocycles. The summed E-state index contributed by atoms with van der Waals surface area (Å²) in [4.78, 5) is 27.3. The van der Waals surface area contributed by atoms with Crippen LogP contribution in [0.4, 0.5) is 5.82 Å². The summed E-state index contributed by atoms with van der Waals surface area (Å²) in [5, 5.41) is 6.33. The van der Waals surface area contributed by atoms with Crippen molar-refractivity contribution in [3.63, 3.8) is 0 Å². The van der Waals surface area contributed by atoms with Crippen molar-refractivity contribution >= 4 is 23.3 Å². The molecule has 0 aliphatic rings. The number of nitrogens with zero attached hydrogens (tertiary/aromatic N) is 2. The van der Waals surface area contributed by atoms with E-state index >= 15 is 0 Å². The minimum Gasteiger partial charge on any atom is -0.302 e. The molecule has 0 bridgehead atoms. The zero-order chi connectivity index (χ0) is 16.5. The predicted octanol–water partition coefficient (Wildman–Crippen LogP) is 2.14. The monoisotopic (exact) mass is 310 g/mol. The Morgan fingerprint density at radius 1 is 1.04 bits per heavy atom. The van der Waals surface area contributed by atoms with E-state index in [9.17, 15) is 9.59 Å².